The number of rotatable bonds is 8. The molecule has 0 radical (unpaired) electrons. The van der Waals surface area contributed by atoms with E-state index in [0.29, 0.717) is 23.1 Å². The SMILES string of the molecule is COc1cccc(C(NC(=O)COc2ccccc2OC)c2nccn2C)c1. The largest absolute Gasteiger partial charge is 0.497 e. The number of aryl methyl sites for hydroxylation is 1. The van der Waals surface area contributed by atoms with Crippen molar-refractivity contribution in [3.05, 3.63) is 72.3 Å². The average Bonchev–Trinajstić information content (AvgIpc) is 3.16. The monoisotopic (exact) mass is 381 g/mol. The smallest absolute Gasteiger partial charge is 0.258 e. The molecule has 0 saturated heterocycles. The van der Waals surface area contributed by atoms with Gasteiger partial charge in [-0.05, 0) is 29.8 Å². The maximum Gasteiger partial charge on any atom is 0.258 e. The summed E-state index contributed by atoms with van der Waals surface area (Å²) in [7, 11) is 5.05. The molecule has 1 unspecified atom stereocenters. The van der Waals surface area contributed by atoms with Crippen LogP contribution in [0.25, 0.3) is 0 Å². The van der Waals surface area contributed by atoms with E-state index in [1.165, 1.54) is 0 Å². The molecule has 1 heterocycles. The van der Waals surface area contributed by atoms with E-state index < -0.39 is 6.04 Å². The fraction of sp³-hybridized carbons (Fsp3) is 0.238. The zero-order valence-electron chi connectivity index (χ0n) is 16.1. The van der Waals surface area contributed by atoms with Crippen molar-refractivity contribution in [3.8, 4) is 17.2 Å². The van der Waals surface area contributed by atoms with Crippen LogP contribution in [0.3, 0.4) is 0 Å². The molecule has 0 aliphatic heterocycles. The topological polar surface area (TPSA) is 74.6 Å². The van der Waals surface area contributed by atoms with Crippen molar-refractivity contribution in [2.45, 2.75) is 6.04 Å². The van der Waals surface area contributed by atoms with Gasteiger partial charge in [0.25, 0.3) is 5.91 Å². The van der Waals surface area contributed by atoms with E-state index in [1.807, 2.05) is 54.2 Å². The minimum Gasteiger partial charge on any atom is -0.497 e. The van der Waals surface area contributed by atoms with Crippen LogP contribution in [-0.4, -0.2) is 36.3 Å². The maximum atomic E-state index is 12.6. The van der Waals surface area contributed by atoms with Gasteiger partial charge in [0.15, 0.2) is 18.1 Å². The molecule has 146 valence electrons. The van der Waals surface area contributed by atoms with Crippen LogP contribution in [0, 0.1) is 0 Å². The summed E-state index contributed by atoms with van der Waals surface area (Å²) in [5.41, 5.74) is 0.860. The third-order valence-electron chi connectivity index (χ3n) is 4.28. The summed E-state index contributed by atoms with van der Waals surface area (Å²) in [6, 6.07) is 14.3. The summed E-state index contributed by atoms with van der Waals surface area (Å²) >= 11 is 0. The molecule has 0 spiro atoms. The Balaban J connectivity index is 1.77. The van der Waals surface area contributed by atoms with Crippen LogP contribution in [0.5, 0.6) is 17.2 Å². The first-order valence-corrected chi connectivity index (χ1v) is 8.78. The molecule has 3 aromatic rings. The van der Waals surface area contributed by atoms with Gasteiger partial charge in [-0.2, -0.15) is 0 Å². The average molecular weight is 381 g/mol. The zero-order valence-corrected chi connectivity index (χ0v) is 16.1. The number of imidazole rings is 1. The van der Waals surface area contributed by atoms with Gasteiger partial charge in [0.2, 0.25) is 0 Å². The third kappa shape index (κ3) is 4.43. The summed E-state index contributed by atoms with van der Waals surface area (Å²) in [4.78, 5) is 17.0. The van der Waals surface area contributed by atoms with Crippen LogP contribution in [0.4, 0.5) is 0 Å². The maximum absolute atomic E-state index is 12.6. The highest BCUT2D eigenvalue weighted by Gasteiger charge is 2.21. The van der Waals surface area contributed by atoms with Gasteiger partial charge in [0, 0.05) is 19.4 Å². The van der Waals surface area contributed by atoms with E-state index in [0.717, 1.165) is 5.56 Å². The molecular weight excluding hydrogens is 358 g/mol. The van der Waals surface area contributed by atoms with Gasteiger partial charge in [-0.15, -0.1) is 0 Å². The van der Waals surface area contributed by atoms with Crippen LogP contribution in [0.15, 0.2) is 60.9 Å². The third-order valence-corrected chi connectivity index (χ3v) is 4.28. The van der Waals surface area contributed by atoms with Crippen molar-refractivity contribution in [2.75, 3.05) is 20.8 Å². The second kappa shape index (κ2) is 8.94. The second-order valence-electron chi connectivity index (χ2n) is 6.11. The first-order chi connectivity index (χ1) is 13.6. The Morgan fingerprint density at radius 3 is 2.57 bits per heavy atom. The number of aromatic nitrogens is 2. The molecule has 0 fully saturated rings. The predicted octanol–water partition coefficient (Wildman–Crippen LogP) is 2.72. The van der Waals surface area contributed by atoms with Crippen molar-refractivity contribution >= 4 is 5.91 Å². The van der Waals surface area contributed by atoms with E-state index in [1.54, 1.807) is 32.5 Å². The number of methoxy groups -OCH3 is 2. The Morgan fingerprint density at radius 1 is 1.11 bits per heavy atom. The lowest BCUT2D eigenvalue weighted by Crippen LogP contribution is -2.34. The molecule has 1 amide bonds. The van der Waals surface area contributed by atoms with Crippen molar-refractivity contribution in [1.29, 1.82) is 0 Å². The predicted molar refractivity (Wildman–Crippen MR) is 105 cm³/mol. The Hall–Kier alpha value is -3.48. The molecule has 0 aliphatic carbocycles. The van der Waals surface area contributed by atoms with Crippen molar-refractivity contribution in [2.24, 2.45) is 7.05 Å². The molecule has 0 aliphatic rings. The molecule has 2 aromatic carbocycles. The van der Waals surface area contributed by atoms with Gasteiger partial charge >= 0.3 is 0 Å². The second-order valence-corrected chi connectivity index (χ2v) is 6.11. The lowest BCUT2D eigenvalue weighted by atomic mass is 10.1. The normalized spacial score (nSPS) is 11.5. The molecular formula is C21H23N3O4. The van der Waals surface area contributed by atoms with Crippen LogP contribution >= 0.6 is 0 Å². The highest BCUT2D eigenvalue weighted by molar-refractivity contribution is 5.78. The number of para-hydroxylation sites is 2. The molecule has 1 atom stereocenters. The molecule has 28 heavy (non-hydrogen) atoms. The standard InChI is InChI=1S/C21H23N3O4/c1-24-12-11-22-21(24)20(15-7-6-8-16(13-15)26-2)23-19(25)14-28-18-10-5-4-9-17(18)27-3/h4-13,20H,14H2,1-3H3,(H,23,25). The number of hydrogen-bond donors (Lipinski definition) is 1. The number of amides is 1. The molecule has 0 saturated carbocycles. The van der Waals surface area contributed by atoms with Gasteiger partial charge in [0.05, 0.1) is 14.2 Å². The van der Waals surface area contributed by atoms with Crippen LogP contribution in [0.2, 0.25) is 0 Å². The number of nitrogens with one attached hydrogen (secondary N) is 1. The van der Waals surface area contributed by atoms with Crippen LogP contribution in [-0.2, 0) is 11.8 Å². The van der Waals surface area contributed by atoms with Crippen molar-refractivity contribution < 1.29 is 19.0 Å². The fourth-order valence-electron chi connectivity index (χ4n) is 2.86. The number of carbonyl (C=O) groups is 1. The summed E-state index contributed by atoms with van der Waals surface area (Å²) < 4.78 is 18.1. The van der Waals surface area contributed by atoms with Gasteiger partial charge in [0.1, 0.15) is 17.6 Å². The van der Waals surface area contributed by atoms with E-state index in [-0.39, 0.29) is 12.5 Å². The van der Waals surface area contributed by atoms with Gasteiger partial charge < -0.3 is 24.1 Å². The van der Waals surface area contributed by atoms with E-state index in [9.17, 15) is 4.79 Å². The Bertz CT molecular complexity index is 939. The summed E-state index contributed by atoms with van der Waals surface area (Å²) in [6.45, 7) is -0.148. The Kier molecular flexibility index (Phi) is 6.16. The van der Waals surface area contributed by atoms with E-state index in [4.69, 9.17) is 14.2 Å². The molecule has 1 N–H and O–H groups in total. The quantitative estimate of drug-likeness (QED) is 0.649. The fourth-order valence-corrected chi connectivity index (χ4v) is 2.86. The minimum absolute atomic E-state index is 0.148. The molecule has 7 heteroatoms. The summed E-state index contributed by atoms with van der Waals surface area (Å²) in [5, 5.41) is 2.99. The van der Waals surface area contributed by atoms with Gasteiger partial charge in [-0.3, -0.25) is 4.79 Å². The Labute approximate surface area is 163 Å². The van der Waals surface area contributed by atoms with Gasteiger partial charge in [-0.1, -0.05) is 24.3 Å². The lowest BCUT2D eigenvalue weighted by Gasteiger charge is -2.20. The molecule has 0 bridgehead atoms. The van der Waals surface area contributed by atoms with Crippen LogP contribution < -0.4 is 19.5 Å². The first kappa shape index (κ1) is 19.3. The van der Waals surface area contributed by atoms with Gasteiger partial charge in [-0.25, -0.2) is 4.98 Å². The highest BCUT2D eigenvalue weighted by Crippen LogP contribution is 2.26. The molecule has 3 rings (SSSR count). The number of benzene rings is 2. The number of nitrogens with zero attached hydrogens (tertiary/aromatic N) is 2. The lowest BCUT2D eigenvalue weighted by molar-refractivity contribution is -0.123. The van der Waals surface area contributed by atoms with Crippen LogP contribution in [0.1, 0.15) is 17.4 Å². The molecule has 7 nitrogen and oxygen atoms in total. The first-order valence-electron chi connectivity index (χ1n) is 8.78. The highest BCUT2D eigenvalue weighted by atomic mass is 16.5. The van der Waals surface area contributed by atoms with E-state index >= 15 is 0 Å². The summed E-state index contributed by atoms with van der Waals surface area (Å²) in [5.74, 6) is 2.22. The molecule has 1 aromatic heterocycles. The van der Waals surface area contributed by atoms with Crippen molar-refractivity contribution in [3.63, 3.8) is 0 Å². The zero-order chi connectivity index (χ0) is 19.9. The van der Waals surface area contributed by atoms with E-state index in [2.05, 4.69) is 10.3 Å². The summed E-state index contributed by atoms with van der Waals surface area (Å²) in [6.07, 6.45) is 3.53. The van der Waals surface area contributed by atoms with Crippen molar-refractivity contribution in [1.82, 2.24) is 14.9 Å². The number of ether oxygens (including phenoxy) is 3. The Morgan fingerprint density at radius 2 is 1.89 bits per heavy atom. The minimum atomic E-state index is -0.441. The number of hydrogen-bond acceptors (Lipinski definition) is 5. The number of carbonyl (C=O) groups excluding carboxylic acids is 1.